The number of aliphatic hydroxyl groups is 1. The second kappa shape index (κ2) is 5.01. The fourth-order valence-corrected chi connectivity index (χ4v) is 1.11. The molecular formula is C9H12B2N4O2. The maximum atomic E-state index is 8.99. The molecule has 4 radical (unpaired) electrons. The minimum absolute atomic E-state index is 0.192. The predicted octanol–water partition coefficient (Wildman–Crippen LogP) is -1.29. The molecule has 0 saturated carbocycles. The molecule has 0 aromatic carbocycles. The third kappa shape index (κ3) is 4.28. The van der Waals surface area contributed by atoms with Gasteiger partial charge in [-0.1, -0.05) is 0 Å². The Bertz CT molecular complexity index is 448. The van der Waals surface area contributed by atoms with Gasteiger partial charge >= 0.3 is 0 Å². The fourth-order valence-electron chi connectivity index (χ4n) is 1.11. The largest absolute Gasteiger partial charge is 0.467 e. The van der Waals surface area contributed by atoms with Crippen molar-refractivity contribution in [2.24, 2.45) is 11.5 Å². The van der Waals surface area contributed by atoms with Crippen LogP contribution >= 0.6 is 0 Å². The second-order valence-electron chi connectivity index (χ2n) is 3.39. The van der Waals surface area contributed by atoms with Crippen molar-refractivity contribution < 1.29 is 9.84 Å². The summed E-state index contributed by atoms with van der Waals surface area (Å²) in [4.78, 5) is 0. The van der Waals surface area contributed by atoms with Crippen molar-refractivity contribution in [3.63, 3.8) is 0 Å². The molecule has 0 bridgehead atoms. The first-order valence-electron chi connectivity index (χ1n) is 4.72. The number of hydrogen-bond acceptors (Lipinski definition) is 5. The predicted molar refractivity (Wildman–Crippen MR) is 65.2 cm³/mol. The maximum Gasteiger partial charge on any atom is 0.187 e. The normalized spacial score (nSPS) is 13.8. The van der Waals surface area contributed by atoms with Crippen LogP contribution in [0, 0.1) is 6.92 Å². The number of hydrogen-bond donors (Lipinski definition) is 3. The van der Waals surface area contributed by atoms with Gasteiger partial charge in [0, 0.05) is 18.5 Å². The molecule has 0 aliphatic rings. The molecule has 5 N–H and O–H groups in total. The van der Waals surface area contributed by atoms with E-state index in [2.05, 4.69) is 9.84 Å². The first-order valence-corrected chi connectivity index (χ1v) is 4.72. The molecule has 1 aromatic rings. The van der Waals surface area contributed by atoms with Gasteiger partial charge in [-0.05, 0) is 13.0 Å². The highest BCUT2D eigenvalue weighted by Gasteiger charge is 2.13. The molecule has 0 aliphatic carbocycles. The van der Waals surface area contributed by atoms with Gasteiger partial charge in [0.25, 0.3) is 0 Å². The average molecular weight is 230 g/mol. The number of allylic oxidation sites excluding steroid dienone is 2. The molecule has 0 unspecified atom stereocenters. The van der Waals surface area contributed by atoms with E-state index in [0.717, 1.165) is 5.69 Å². The maximum absolute atomic E-state index is 8.99. The van der Waals surface area contributed by atoms with Gasteiger partial charge in [-0.2, -0.15) is 5.10 Å². The van der Waals surface area contributed by atoms with Crippen molar-refractivity contribution in [3.8, 4) is 0 Å². The van der Waals surface area contributed by atoms with E-state index in [9.17, 15) is 0 Å². The Balaban J connectivity index is 2.88. The van der Waals surface area contributed by atoms with E-state index in [1.165, 1.54) is 17.0 Å². The molecule has 0 aliphatic heterocycles. The topological polar surface area (TPSA) is 99.3 Å². The quantitative estimate of drug-likeness (QED) is 0.258. The highest BCUT2D eigenvalue weighted by Crippen LogP contribution is 2.09. The Kier molecular flexibility index (Phi) is 3.90. The Morgan fingerprint density at radius 1 is 1.65 bits per heavy atom. The van der Waals surface area contributed by atoms with Gasteiger partial charge in [0.2, 0.25) is 0 Å². The van der Waals surface area contributed by atoms with E-state index in [1.807, 2.05) is 6.92 Å². The lowest BCUT2D eigenvalue weighted by Gasteiger charge is -2.21. The fraction of sp³-hybridized carbons (Fsp3) is 0.222. The standard InChI is InChI=1S/C9H12B2N4O2/c1-6-2-3-15(14-6)7(5-12)4-8(13)17-9(10,11)16/h2-5,16H,12-13H2,1H3/b7-5+,8-4+. The molecule has 1 aromatic heterocycles. The van der Waals surface area contributed by atoms with Crippen LogP contribution in [0.25, 0.3) is 5.70 Å². The molecule has 0 atom stereocenters. The van der Waals surface area contributed by atoms with Crippen molar-refractivity contribution in [1.29, 1.82) is 0 Å². The summed E-state index contributed by atoms with van der Waals surface area (Å²) in [6.45, 7) is 1.83. The van der Waals surface area contributed by atoms with Crippen molar-refractivity contribution in [3.05, 3.63) is 36.1 Å². The molecule has 1 rings (SSSR count). The second-order valence-corrected chi connectivity index (χ2v) is 3.39. The van der Waals surface area contributed by atoms with Gasteiger partial charge in [0.1, 0.15) is 5.59 Å². The number of nitrogens with two attached hydrogens (primary N) is 2. The SMILES string of the molecule is [B]C([B])(O)O/C(N)=C/C(=C\N)n1ccc(C)n1. The van der Waals surface area contributed by atoms with Crippen LogP contribution < -0.4 is 11.5 Å². The summed E-state index contributed by atoms with van der Waals surface area (Å²) in [5.74, 6) is -0.192. The van der Waals surface area contributed by atoms with Gasteiger partial charge in [0.05, 0.1) is 11.4 Å². The van der Waals surface area contributed by atoms with Gasteiger partial charge in [0.15, 0.2) is 21.6 Å². The summed E-state index contributed by atoms with van der Waals surface area (Å²) < 4.78 is 6.09. The highest BCUT2D eigenvalue weighted by molar-refractivity contribution is 6.37. The minimum Gasteiger partial charge on any atom is -0.467 e. The number of rotatable bonds is 4. The molecular weight excluding hydrogens is 218 g/mol. The van der Waals surface area contributed by atoms with Crippen LogP contribution in [0.15, 0.2) is 30.4 Å². The number of aryl methyl sites for hydroxylation is 1. The molecule has 86 valence electrons. The third-order valence-electron chi connectivity index (χ3n) is 1.73. The molecule has 1 heterocycles. The summed E-state index contributed by atoms with van der Waals surface area (Å²) in [6, 6.07) is 1.79. The lowest BCUT2D eigenvalue weighted by molar-refractivity contribution is -0.0390. The zero-order valence-electron chi connectivity index (χ0n) is 9.37. The van der Waals surface area contributed by atoms with Crippen molar-refractivity contribution in [2.75, 3.05) is 0 Å². The molecule has 6 nitrogen and oxygen atoms in total. The van der Waals surface area contributed by atoms with Crippen LogP contribution in [0.4, 0.5) is 0 Å². The van der Waals surface area contributed by atoms with Crippen LogP contribution in [-0.4, -0.2) is 36.2 Å². The van der Waals surface area contributed by atoms with Crippen LogP contribution in [0.2, 0.25) is 0 Å². The highest BCUT2D eigenvalue weighted by atomic mass is 16.6. The van der Waals surface area contributed by atoms with Crippen LogP contribution in [-0.2, 0) is 4.74 Å². The lowest BCUT2D eigenvalue weighted by Crippen LogP contribution is -2.34. The summed E-state index contributed by atoms with van der Waals surface area (Å²) in [5.41, 5.74) is 9.81. The Labute approximate surface area is 102 Å². The molecule has 0 amide bonds. The summed E-state index contributed by atoms with van der Waals surface area (Å²) in [7, 11) is 10.0. The molecule has 8 heteroatoms. The first kappa shape index (κ1) is 13.2. The van der Waals surface area contributed by atoms with Crippen molar-refractivity contribution >= 4 is 21.4 Å². The molecule has 0 saturated heterocycles. The van der Waals surface area contributed by atoms with Crippen molar-refractivity contribution in [1.82, 2.24) is 9.78 Å². The van der Waals surface area contributed by atoms with E-state index >= 15 is 0 Å². The zero-order valence-corrected chi connectivity index (χ0v) is 9.37. The molecule has 0 spiro atoms. The van der Waals surface area contributed by atoms with E-state index in [1.54, 1.807) is 12.3 Å². The third-order valence-corrected chi connectivity index (χ3v) is 1.73. The van der Waals surface area contributed by atoms with Gasteiger partial charge in [-0.3, -0.25) is 0 Å². The number of ether oxygens (including phenoxy) is 1. The first-order chi connectivity index (χ1) is 7.81. The zero-order chi connectivity index (χ0) is 13.1. The van der Waals surface area contributed by atoms with Gasteiger partial charge in [-0.25, -0.2) is 4.68 Å². The van der Waals surface area contributed by atoms with Gasteiger partial charge in [-0.15, -0.1) is 0 Å². The van der Waals surface area contributed by atoms with Gasteiger partial charge < -0.3 is 21.3 Å². The Morgan fingerprint density at radius 3 is 2.71 bits per heavy atom. The lowest BCUT2D eigenvalue weighted by atomic mass is 9.77. The van der Waals surface area contributed by atoms with Crippen LogP contribution in [0.1, 0.15) is 5.69 Å². The Hall–Kier alpha value is -1.82. The van der Waals surface area contributed by atoms with E-state index in [0.29, 0.717) is 5.70 Å². The summed E-state index contributed by atoms with van der Waals surface area (Å²) in [6.07, 6.45) is 4.29. The van der Waals surface area contributed by atoms with Crippen molar-refractivity contribution in [2.45, 2.75) is 12.5 Å². The summed E-state index contributed by atoms with van der Waals surface area (Å²) in [5, 5.41) is 13.1. The number of nitrogens with zero attached hydrogens (tertiary/aromatic N) is 2. The molecule has 17 heavy (non-hydrogen) atoms. The monoisotopic (exact) mass is 230 g/mol. The number of aromatic nitrogens is 2. The van der Waals surface area contributed by atoms with E-state index < -0.39 is 5.59 Å². The summed E-state index contributed by atoms with van der Waals surface area (Å²) >= 11 is 0. The van der Waals surface area contributed by atoms with E-state index in [4.69, 9.17) is 32.3 Å². The minimum atomic E-state index is -2.33. The average Bonchev–Trinajstić information content (AvgIpc) is 2.58. The Morgan fingerprint density at radius 2 is 2.29 bits per heavy atom. The van der Waals surface area contributed by atoms with Crippen LogP contribution in [0.3, 0.4) is 0 Å². The van der Waals surface area contributed by atoms with Crippen LogP contribution in [0.5, 0.6) is 0 Å². The van der Waals surface area contributed by atoms with E-state index in [-0.39, 0.29) is 5.88 Å². The smallest absolute Gasteiger partial charge is 0.187 e. The molecule has 0 fully saturated rings.